The summed E-state index contributed by atoms with van der Waals surface area (Å²) in [5.74, 6) is -1.24. The van der Waals surface area contributed by atoms with E-state index in [0.29, 0.717) is 28.2 Å². The Kier molecular flexibility index (Phi) is 7.02. The van der Waals surface area contributed by atoms with E-state index < -0.39 is 17.8 Å². The van der Waals surface area contributed by atoms with Gasteiger partial charge in [0.2, 0.25) is 0 Å². The molecule has 0 radical (unpaired) electrons. The number of pyridine rings is 1. The number of nitrogens with zero attached hydrogens (tertiary/aromatic N) is 2. The van der Waals surface area contributed by atoms with Crippen molar-refractivity contribution in [2.75, 3.05) is 0 Å². The molecule has 0 aliphatic heterocycles. The van der Waals surface area contributed by atoms with Crippen molar-refractivity contribution in [2.24, 2.45) is 11.5 Å². The molecule has 2 aromatic heterocycles. The van der Waals surface area contributed by atoms with Crippen LogP contribution in [0.2, 0.25) is 0 Å². The zero-order chi connectivity index (χ0) is 24.2. The van der Waals surface area contributed by atoms with Gasteiger partial charge < -0.3 is 21.3 Å². The molecule has 11 heteroatoms. The number of ether oxygens (including phenoxy) is 1. The maximum Gasteiger partial charge on any atom is 0.430 e. The molecule has 0 spiro atoms. The number of benzene rings is 1. The number of thiazole rings is 1. The summed E-state index contributed by atoms with van der Waals surface area (Å²) < 4.78 is 42.5. The van der Waals surface area contributed by atoms with Crippen molar-refractivity contribution in [1.29, 1.82) is 0 Å². The Morgan fingerprint density at radius 2 is 1.76 bits per heavy atom. The number of hydrogen-bond donors (Lipinski definition) is 3. The van der Waals surface area contributed by atoms with E-state index in [1.807, 2.05) is 18.2 Å². The molecule has 0 aliphatic rings. The minimum absolute atomic E-state index is 0.0378. The number of rotatable bonds is 7. The highest BCUT2D eigenvalue weighted by molar-refractivity contribution is 7.15. The lowest BCUT2D eigenvalue weighted by Gasteiger charge is -2.05. The summed E-state index contributed by atoms with van der Waals surface area (Å²) in [7, 11) is 0. The summed E-state index contributed by atoms with van der Waals surface area (Å²) in [4.78, 5) is 20.9. The van der Waals surface area contributed by atoms with E-state index in [1.54, 1.807) is 19.1 Å². The lowest BCUT2D eigenvalue weighted by molar-refractivity contribution is -0.0926. The van der Waals surface area contributed by atoms with Gasteiger partial charge in [-0.3, -0.25) is 0 Å². The van der Waals surface area contributed by atoms with Crippen LogP contribution in [0.1, 0.15) is 21.1 Å². The van der Waals surface area contributed by atoms with Gasteiger partial charge >= 0.3 is 12.1 Å². The van der Waals surface area contributed by atoms with Gasteiger partial charge in [-0.2, -0.15) is 13.2 Å². The standard InChI is InChI=1S/C22H19F3N4O3S/c1-12-20(33-19(28-12)11-32-18(27)10-9-17(26)22(23,24)25)16-4-2-3-15(29-16)13-5-7-14(8-6-13)21(30)31/h2-10H,11,26-27H2,1H3,(H,30,31)/b17-9-,18-10+. The van der Waals surface area contributed by atoms with E-state index in [9.17, 15) is 18.0 Å². The first-order valence-corrected chi connectivity index (χ1v) is 10.3. The number of halogens is 3. The molecule has 0 amide bonds. The molecule has 0 atom stereocenters. The van der Waals surface area contributed by atoms with Gasteiger partial charge in [0.05, 0.1) is 27.5 Å². The average molecular weight is 476 g/mol. The molecule has 0 bridgehead atoms. The molecule has 1 aromatic carbocycles. The third-order valence-corrected chi connectivity index (χ3v) is 5.52. The molecule has 2 heterocycles. The second kappa shape index (κ2) is 9.74. The molecule has 3 aromatic rings. The first kappa shape index (κ1) is 23.8. The number of carboxylic acids is 1. The van der Waals surface area contributed by atoms with E-state index in [4.69, 9.17) is 21.3 Å². The molecule has 3 rings (SSSR count). The molecule has 0 unspecified atom stereocenters. The van der Waals surface area contributed by atoms with Crippen LogP contribution in [0.25, 0.3) is 21.8 Å². The molecule has 0 saturated heterocycles. The Morgan fingerprint density at radius 3 is 2.39 bits per heavy atom. The Hall–Kier alpha value is -3.86. The predicted molar refractivity (Wildman–Crippen MR) is 118 cm³/mol. The van der Waals surface area contributed by atoms with Crippen LogP contribution in [-0.4, -0.2) is 27.2 Å². The largest absolute Gasteiger partial charge is 0.478 e. The Bertz CT molecular complexity index is 1220. The topological polar surface area (TPSA) is 124 Å². The minimum atomic E-state index is -4.64. The molecule has 5 N–H and O–H groups in total. The number of carboxylic acid groups (broad SMARTS) is 1. The van der Waals surface area contributed by atoms with Gasteiger partial charge in [-0.05, 0) is 43.3 Å². The number of aromatic nitrogens is 2. The second-order valence-corrected chi connectivity index (χ2v) is 7.87. The van der Waals surface area contributed by atoms with Crippen molar-refractivity contribution in [3.05, 3.63) is 82.5 Å². The summed E-state index contributed by atoms with van der Waals surface area (Å²) in [5, 5.41) is 9.60. The SMILES string of the molecule is Cc1nc(CO/C(N)=C/C=C(\N)C(F)(F)F)sc1-c1cccc(-c2ccc(C(=O)O)cc2)n1. The maximum atomic E-state index is 12.4. The van der Waals surface area contributed by atoms with Gasteiger partial charge in [0.25, 0.3) is 0 Å². The maximum absolute atomic E-state index is 12.4. The smallest absolute Gasteiger partial charge is 0.430 e. The lowest BCUT2D eigenvalue weighted by Crippen LogP contribution is -2.19. The van der Waals surface area contributed by atoms with Gasteiger partial charge in [-0.15, -0.1) is 11.3 Å². The summed E-state index contributed by atoms with van der Waals surface area (Å²) in [5.41, 5.74) is 12.2. The fourth-order valence-corrected chi connectivity index (χ4v) is 3.66. The number of hydrogen-bond acceptors (Lipinski definition) is 7. The summed E-state index contributed by atoms with van der Waals surface area (Å²) in [6, 6.07) is 11.8. The minimum Gasteiger partial charge on any atom is -0.478 e. The quantitative estimate of drug-likeness (QED) is 0.336. The number of aryl methyl sites for hydroxylation is 1. The van der Waals surface area contributed by atoms with Gasteiger partial charge in [0, 0.05) is 5.56 Å². The van der Waals surface area contributed by atoms with Crippen molar-refractivity contribution in [3.8, 4) is 21.8 Å². The second-order valence-electron chi connectivity index (χ2n) is 6.79. The molecule has 7 nitrogen and oxygen atoms in total. The van der Waals surface area contributed by atoms with Crippen LogP contribution in [-0.2, 0) is 11.3 Å². The molecule has 0 aliphatic carbocycles. The Labute approximate surface area is 190 Å². The lowest BCUT2D eigenvalue weighted by atomic mass is 10.1. The van der Waals surface area contributed by atoms with E-state index >= 15 is 0 Å². The van der Waals surface area contributed by atoms with Crippen molar-refractivity contribution in [2.45, 2.75) is 19.7 Å². The van der Waals surface area contributed by atoms with Crippen molar-refractivity contribution < 1.29 is 27.8 Å². The van der Waals surface area contributed by atoms with Crippen LogP contribution in [0.5, 0.6) is 0 Å². The molecule has 0 saturated carbocycles. The summed E-state index contributed by atoms with van der Waals surface area (Å²) in [6.07, 6.45) is -3.07. The first-order valence-electron chi connectivity index (χ1n) is 9.45. The van der Waals surface area contributed by atoms with E-state index in [0.717, 1.165) is 16.5 Å². The highest BCUT2D eigenvalue weighted by atomic mass is 32.1. The zero-order valence-corrected chi connectivity index (χ0v) is 18.1. The highest BCUT2D eigenvalue weighted by Gasteiger charge is 2.30. The predicted octanol–water partition coefficient (Wildman–Crippen LogP) is 4.60. The van der Waals surface area contributed by atoms with Crippen LogP contribution in [0, 0.1) is 6.92 Å². The number of alkyl halides is 3. The number of carbonyl (C=O) groups is 1. The fraction of sp³-hybridized carbons (Fsp3) is 0.136. The monoisotopic (exact) mass is 476 g/mol. The van der Waals surface area contributed by atoms with E-state index in [1.165, 1.54) is 23.5 Å². The fourth-order valence-electron chi connectivity index (χ4n) is 2.72. The first-order chi connectivity index (χ1) is 15.5. The molecule has 33 heavy (non-hydrogen) atoms. The van der Waals surface area contributed by atoms with Crippen LogP contribution < -0.4 is 11.5 Å². The van der Waals surface area contributed by atoms with Crippen LogP contribution >= 0.6 is 11.3 Å². The van der Waals surface area contributed by atoms with Crippen LogP contribution in [0.4, 0.5) is 13.2 Å². The van der Waals surface area contributed by atoms with Crippen molar-refractivity contribution >= 4 is 17.3 Å². The number of allylic oxidation sites excluding steroid dienone is 3. The molecular formula is C22H19F3N4O3S. The van der Waals surface area contributed by atoms with Gasteiger partial charge in [0.15, 0.2) is 5.88 Å². The zero-order valence-electron chi connectivity index (χ0n) is 17.3. The normalized spacial score (nSPS) is 12.6. The van der Waals surface area contributed by atoms with E-state index in [2.05, 4.69) is 9.97 Å². The van der Waals surface area contributed by atoms with Crippen LogP contribution in [0.3, 0.4) is 0 Å². The number of aromatic carboxylic acids is 1. The summed E-state index contributed by atoms with van der Waals surface area (Å²) >= 11 is 1.31. The molecule has 0 fully saturated rings. The highest BCUT2D eigenvalue weighted by Crippen LogP contribution is 2.31. The van der Waals surface area contributed by atoms with Crippen molar-refractivity contribution in [1.82, 2.24) is 9.97 Å². The van der Waals surface area contributed by atoms with E-state index in [-0.39, 0.29) is 18.1 Å². The van der Waals surface area contributed by atoms with Gasteiger partial charge in [0.1, 0.15) is 17.3 Å². The van der Waals surface area contributed by atoms with Gasteiger partial charge in [-0.1, -0.05) is 18.2 Å². The average Bonchev–Trinajstić information content (AvgIpc) is 3.16. The molecular weight excluding hydrogens is 457 g/mol. The van der Waals surface area contributed by atoms with Gasteiger partial charge in [-0.25, -0.2) is 14.8 Å². The number of nitrogens with two attached hydrogens (primary N) is 2. The Balaban J connectivity index is 1.75. The van der Waals surface area contributed by atoms with Crippen molar-refractivity contribution in [3.63, 3.8) is 0 Å². The Morgan fingerprint density at radius 1 is 1.09 bits per heavy atom. The van der Waals surface area contributed by atoms with Crippen LogP contribution in [0.15, 0.2) is 66.2 Å². The summed E-state index contributed by atoms with van der Waals surface area (Å²) in [6.45, 7) is 1.77. The molecule has 172 valence electrons. The third-order valence-electron chi connectivity index (χ3n) is 4.37. The third kappa shape index (κ3) is 6.10.